The molecule has 2 N–H and O–H groups in total. The lowest BCUT2D eigenvalue weighted by atomic mass is 10.2. The first-order valence-electron chi connectivity index (χ1n) is 6.18. The van der Waals surface area contributed by atoms with E-state index < -0.39 is 5.97 Å². The van der Waals surface area contributed by atoms with E-state index in [0.29, 0.717) is 16.6 Å². The number of thiazole rings is 1. The molecule has 0 bridgehead atoms. The topological polar surface area (TPSA) is 86.0 Å². The van der Waals surface area contributed by atoms with Crippen molar-refractivity contribution in [2.75, 3.05) is 5.32 Å². The minimum Gasteiger partial charge on any atom is -0.476 e. The van der Waals surface area contributed by atoms with Crippen LogP contribution in [0, 0.1) is 11.3 Å². The maximum atomic E-state index is 11.2. The van der Waals surface area contributed by atoms with Crippen LogP contribution in [0.15, 0.2) is 24.3 Å². The lowest BCUT2D eigenvalue weighted by Crippen LogP contribution is -2.00. The molecule has 0 unspecified atom stereocenters. The van der Waals surface area contributed by atoms with Crippen molar-refractivity contribution in [3.8, 4) is 6.07 Å². The molecule has 6 heteroatoms. The van der Waals surface area contributed by atoms with E-state index >= 15 is 0 Å². The molecule has 1 fully saturated rings. The number of nitriles is 1. The molecule has 2 aromatic rings. The Balaban J connectivity index is 1.85. The van der Waals surface area contributed by atoms with Crippen molar-refractivity contribution in [1.82, 2.24) is 4.98 Å². The van der Waals surface area contributed by atoms with E-state index in [9.17, 15) is 9.90 Å². The Morgan fingerprint density at radius 1 is 1.40 bits per heavy atom. The maximum Gasteiger partial charge on any atom is 0.355 e. The van der Waals surface area contributed by atoms with Crippen LogP contribution in [0.1, 0.15) is 39.7 Å². The smallest absolute Gasteiger partial charge is 0.355 e. The third kappa shape index (κ3) is 2.49. The van der Waals surface area contributed by atoms with E-state index in [1.54, 1.807) is 24.3 Å². The van der Waals surface area contributed by atoms with Gasteiger partial charge in [0.05, 0.1) is 11.6 Å². The normalized spacial score (nSPS) is 13.8. The van der Waals surface area contributed by atoms with E-state index in [-0.39, 0.29) is 5.69 Å². The third-order valence-corrected chi connectivity index (χ3v) is 4.20. The number of carbonyl (C=O) groups is 1. The predicted molar refractivity (Wildman–Crippen MR) is 75.5 cm³/mol. The van der Waals surface area contributed by atoms with E-state index in [4.69, 9.17) is 5.26 Å². The highest BCUT2D eigenvalue weighted by Gasteiger charge is 2.31. The first kappa shape index (κ1) is 12.6. The fourth-order valence-corrected chi connectivity index (χ4v) is 3.06. The zero-order valence-electron chi connectivity index (χ0n) is 10.5. The summed E-state index contributed by atoms with van der Waals surface area (Å²) in [7, 11) is 0. The van der Waals surface area contributed by atoms with Gasteiger partial charge in [0, 0.05) is 10.6 Å². The number of rotatable bonds is 4. The fourth-order valence-electron chi connectivity index (χ4n) is 1.91. The van der Waals surface area contributed by atoms with Crippen molar-refractivity contribution in [2.45, 2.75) is 18.8 Å². The van der Waals surface area contributed by atoms with Crippen LogP contribution in [-0.2, 0) is 0 Å². The van der Waals surface area contributed by atoms with Crippen LogP contribution < -0.4 is 5.32 Å². The van der Waals surface area contributed by atoms with Gasteiger partial charge in [-0.1, -0.05) is 0 Å². The number of carboxylic acid groups (broad SMARTS) is 1. The quantitative estimate of drug-likeness (QED) is 0.899. The van der Waals surface area contributed by atoms with Crippen molar-refractivity contribution >= 4 is 28.1 Å². The van der Waals surface area contributed by atoms with Gasteiger partial charge in [-0.05, 0) is 43.0 Å². The molecule has 0 spiro atoms. The van der Waals surface area contributed by atoms with Crippen LogP contribution in [0.3, 0.4) is 0 Å². The van der Waals surface area contributed by atoms with Gasteiger partial charge >= 0.3 is 5.97 Å². The Bertz CT molecular complexity index is 696. The summed E-state index contributed by atoms with van der Waals surface area (Å²) in [5.41, 5.74) is 1.53. The van der Waals surface area contributed by atoms with Gasteiger partial charge < -0.3 is 10.4 Å². The second kappa shape index (κ2) is 4.94. The highest BCUT2D eigenvalue weighted by molar-refractivity contribution is 7.16. The summed E-state index contributed by atoms with van der Waals surface area (Å²) >= 11 is 1.40. The van der Waals surface area contributed by atoms with Crippen LogP contribution in [0.4, 0.5) is 10.8 Å². The summed E-state index contributed by atoms with van der Waals surface area (Å²) in [4.78, 5) is 16.2. The molecule has 0 aliphatic heterocycles. The van der Waals surface area contributed by atoms with Crippen molar-refractivity contribution in [3.05, 3.63) is 40.4 Å². The molecule has 0 radical (unpaired) electrons. The molecule has 1 aromatic heterocycles. The second-order valence-corrected chi connectivity index (χ2v) is 5.66. The van der Waals surface area contributed by atoms with Gasteiger partial charge in [-0.25, -0.2) is 9.78 Å². The summed E-state index contributed by atoms with van der Waals surface area (Å²) < 4.78 is 0. The van der Waals surface area contributed by atoms with Crippen LogP contribution in [0.2, 0.25) is 0 Å². The highest BCUT2D eigenvalue weighted by Crippen LogP contribution is 2.45. The standard InChI is InChI=1S/C14H11N3O2S/c15-7-8-1-5-10(6-2-8)16-14-17-11(13(18)19)12(20-14)9-3-4-9/h1-2,5-6,9H,3-4H2,(H,16,17)(H,18,19). The maximum absolute atomic E-state index is 11.2. The minimum absolute atomic E-state index is 0.161. The van der Waals surface area contributed by atoms with E-state index in [1.807, 2.05) is 0 Å². The Hall–Kier alpha value is -2.39. The SMILES string of the molecule is N#Cc1ccc(Nc2nc(C(=O)O)c(C3CC3)s2)cc1. The number of benzene rings is 1. The number of aromatic nitrogens is 1. The molecule has 1 heterocycles. The van der Waals surface area contributed by atoms with Gasteiger partial charge in [-0.15, -0.1) is 11.3 Å². The van der Waals surface area contributed by atoms with Gasteiger partial charge in [0.25, 0.3) is 0 Å². The Kier molecular flexibility index (Phi) is 3.12. The molecule has 1 aliphatic rings. The third-order valence-electron chi connectivity index (χ3n) is 3.07. The number of anilines is 2. The summed E-state index contributed by atoms with van der Waals surface area (Å²) in [6.07, 6.45) is 2.08. The van der Waals surface area contributed by atoms with Gasteiger partial charge in [0.2, 0.25) is 0 Å². The number of carboxylic acids is 1. The van der Waals surface area contributed by atoms with Gasteiger partial charge in [0.1, 0.15) is 0 Å². The number of hydrogen-bond donors (Lipinski definition) is 2. The largest absolute Gasteiger partial charge is 0.476 e. The molecule has 3 rings (SSSR count). The van der Waals surface area contributed by atoms with Crippen molar-refractivity contribution in [2.24, 2.45) is 0 Å². The molecule has 1 aromatic carbocycles. The van der Waals surface area contributed by atoms with Gasteiger partial charge in [0.15, 0.2) is 10.8 Å². The van der Waals surface area contributed by atoms with Crippen molar-refractivity contribution in [3.63, 3.8) is 0 Å². The molecule has 1 aliphatic carbocycles. The van der Waals surface area contributed by atoms with E-state index in [2.05, 4.69) is 16.4 Å². The molecule has 100 valence electrons. The number of hydrogen-bond acceptors (Lipinski definition) is 5. The number of aromatic carboxylic acids is 1. The molecule has 0 amide bonds. The molecule has 0 atom stereocenters. The Morgan fingerprint density at radius 2 is 2.10 bits per heavy atom. The summed E-state index contributed by atoms with van der Waals surface area (Å²) in [6, 6.07) is 9.01. The molecule has 0 saturated heterocycles. The van der Waals surface area contributed by atoms with Gasteiger partial charge in [-0.3, -0.25) is 0 Å². The minimum atomic E-state index is -0.976. The second-order valence-electron chi connectivity index (χ2n) is 4.63. The zero-order chi connectivity index (χ0) is 14.1. The lowest BCUT2D eigenvalue weighted by Gasteiger charge is -2.01. The molecular weight excluding hydrogens is 274 g/mol. The number of nitrogens with zero attached hydrogens (tertiary/aromatic N) is 2. The first-order valence-corrected chi connectivity index (χ1v) is 7.00. The molecule has 1 saturated carbocycles. The van der Waals surface area contributed by atoms with Crippen molar-refractivity contribution < 1.29 is 9.90 Å². The van der Waals surface area contributed by atoms with E-state index in [1.165, 1.54) is 11.3 Å². The lowest BCUT2D eigenvalue weighted by molar-refractivity contribution is 0.0690. The van der Waals surface area contributed by atoms with E-state index in [0.717, 1.165) is 23.4 Å². The van der Waals surface area contributed by atoms with Crippen LogP contribution in [0.25, 0.3) is 0 Å². The Labute approximate surface area is 119 Å². The van der Waals surface area contributed by atoms with Crippen molar-refractivity contribution in [1.29, 1.82) is 5.26 Å². The fraction of sp³-hybridized carbons (Fsp3) is 0.214. The monoisotopic (exact) mass is 285 g/mol. The summed E-state index contributed by atoms with van der Waals surface area (Å²) in [6.45, 7) is 0. The molecule has 20 heavy (non-hydrogen) atoms. The Morgan fingerprint density at radius 3 is 2.65 bits per heavy atom. The van der Waals surface area contributed by atoms with Gasteiger partial charge in [-0.2, -0.15) is 5.26 Å². The molecule has 5 nitrogen and oxygen atoms in total. The first-order chi connectivity index (χ1) is 9.67. The zero-order valence-corrected chi connectivity index (χ0v) is 11.3. The van der Waals surface area contributed by atoms with Crippen LogP contribution in [0.5, 0.6) is 0 Å². The average molecular weight is 285 g/mol. The molecular formula is C14H11N3O2S. The predicted octanol–water partition coefficient (Wildman–Crippen LogP) is 3.33. The van der Waals surface area contributed by atoms with Crippen LogP contribution in [-0.4, -0.2) is 16.1 Å². The summed E-state index contributed by atoms with van der Waals surface area (Å²) in [5.74, 6) is -0.619. The van der Waals surface area contributed by atoms with Crippen LogP contribution >= 0.6 is 11.3 Å². The summed E-state index contributed by atoms with van der Waals surface area (Å²) in [5, 5.41) is 21.6. The average Bonchev–Trinajstić information content (AvgIpc) is 3.21. The number of nitrogens with one attached hydrogen (secondary N) is 1. The highest BCUT2D eigenvalue weighted by atomic mass is 32.1.